The third kappa shape index (κ3) is 29.2. The number of methoxy groups -OCH3 is 4. The molecule has 0 spiro atoms. The summed E-state index contributed by atoms with van der Waals surface area (Å²) >= 11 is 0. The van der Waals surface area contributed by atoms with Gasteiger partial charge in [0.25, 0.3) is 0 Å². The van der Waals surface area contributed by atoms with Crippen LogP contribution in [0.2, 0.25) is 0 Å². The average Bonchev–Trinajstić information content (AvgIpc) is 3.30. The van der Waals surface area contributed by atoms with E-state index in [1.54, 1.807) is 48.5 Å². The third-order valence-electron chi connectivity index (χ3n) is 10.4. The molecule has 6 unspecified atom stereocenters. The Morgan fingerprint density at radius 3 is 1.42 bits per heavy atom. The minimum atomic E-state index is -2.68. The van der Waals surface area contributed by atoms with E-state index in [1.165, 1.54) is 48.7 Å². The zero-order valence-electron chi connectivity index (χ0n) is 47.9. The van der Waals surface area contributed by atoms with E-state index in [-0.39, 0.29) is 48.9 Å². The molecule has 2 heterocycles. The van der Waals surface area contributed by atoms with Crippen LogP contribution in [0.1, 0.15) is 137 Å². The molecule has 0 saturated carbocycles. The molecule has 0 aromatic heterocycles. The number of hydrogen-bond donors (Lipinski definition) is 3. The van der Waals surface area contributed by atoms with Crippen LogP contribution >= 0.6 is 7.14 Å². The average molecular weight is 1060 g/mol. The Hall–Kier alpha value is -3.03. The summed E-state index contributed by atoms with van der Waals surface area (Å²) in [5.74, 6) is -2.42. The molecule has 2 saturated heterocycles. The fourth-order valence-corrected chi connectivity index (χ4v) is 5.97. The lowest BCUT2D eigenvalue weighted by Crippen LogP contribution is -2.62. The van der Waals surface area contributed by atoms with E-state index >= 15 is 0 Å². The van der Waals surface area contributed by atoms with E-state index in [4.69, 9.17) is 79.4 Å². The molecule has 0 radical (unpaired) electrons. The molecule has 9 atom stereocenters. The van der Waals surface area contributed by atoms with Crippen molar-refractivity contribution in [3.63, 3.8) is 0 Å². The molecule has 2 aliphatic heterocycles. The van der Waals surface area contributed by atoms with Crippen molar-refractivity contribution in [2.45, 2.75) is 196 Å². The van der Waals surface area contributed by atoms with Crippen LogP contribution in [0.3, 0.4) is 0 Å². The number of nitrogens with zero attached hydrogens (tertiary/aromatic N) is 2. The summed E-state index contributed by atoms with van der Waals surface area (Å²) in [7, 11) is 3.37. The quantitative estimate of drug-likeness (QED) is 0.0296. The molecule has 72 heavy (non-hydrogen) atoms. The zero-order chi connectivity index (χ0) is 57.8. The highest BCUT2D eigenvalue weighted by Crippen LogP contribution is 2.38. The summed E-state index contributed by atoms with van der Waals surface area (Å²) in [5.41, 5.74) is 6.88. The van der Waals surface area contributed by atoms with Gasteiger partial charge in [0.15, 0.2) is 13.4 Å². The molecule has 0 aliphatic carbocycles. The Morgan fingerprint density at radius 2 is 1.15 bits per heavy atom. The van der Waals surface area contributed by atoms with Crippen molar-refractivity contribution >= 4 is 36.6 Å². The van der Waals surface area contributed by atoms with Crippen molar-refractivity contribution in [3.8, 4) is 12.3 Å². The summed E-state index contributed by atoms with van der Waals surface area (Å²) in [6.45, 7) is 34.2. The van der Waals surface area contributed by atoms with Crippen LogP contribution in [-0.4, -0.2) is 184 Å². The number of rotatable bonds is 16. The van der Waals surface area contributed by atoms with Crippen molar-refractivity contribution in [3.05, 3.63) is 5.53 Å². The van der Waals surface area contributed by atoms with Crippen LogP contribution in [0.25, 0.3) is 5.53 Å². The van der Waals surface area contributed by atoms with Gasteiger partial charge in [-0.1, -0.05) is 26.7 Å². The van der Waals surface area contributed by atoms with Gasteiger partial charge in [-0.05, 0) is 123 Å². The van der Waals surface area contributed by atoms with Crippen molar-refractivity contribution in [2.75, 3.05) is 74.8 Å². The van der Waals surface area contributed by atoms with Crippen molar-refractivity contribution < 1.29 is 96.0 Å². The van der Waals surface area contributed by atoms with E-state index in [0.717, 1.165) is 6.42 Å². The largest absolute Gasteiger partial charge is 0.463 e. The van der Waals surface area contributed by atoms with Crippen molar-refractivity contribution in [1.29, 1.82) is 0 Å². The summed E-state index contributed by atoms with van der Waals surface area (Å²) in [4.78, 5) is 46.5. The molecule has 21 nitrogen and oxygen atoms in total. The SMILES string of the molecule is C#CC1COC(C)(OC)C(C)(OC)O1.CC(=O)C(=[N+]=[N-])P(C)(C)=O.CC[C@@H](O)CO.CC[C@@H](O)COC(=O)C(C)(C)C.CC[C@H](COC(=O)C(C)(C)C)OC(C)(C)C.COC1(C)OCC(C=O)OC1(C)OC. The molecule has 2 rings (SSSR count). The summed E-state index contributed by atoms with van der Waals surface area (Å²) in [5, 5.41) is 25.6. The van der Waals surface area contributed by atoms with E-state index in [9.17, 15) is 23.7 Å². The summed E-state index contributed by atoms with van der Waals surface area (Å²) in [6.07, 6.45) is 5.96. The highest BCUT2D eigenvalue weighted by Gasteiger charge is 2.54. The molecular formula is C50H95N2O19P. The number of aliphatic hydroxyl groups excluding tert-OH is 3. The van der Waals surface area contributed by atoms with Gasteiger partial charge in [-0.2, -0.15) is 4.79 Å². The first-order valence-electron chi connectivity index (χ1n) is 23.7. The van der Waals surface area contributed by atoms with Crippen LogP contribution in [0.5, 0.6) is 0 Å². The number of carbonyl (C=O) groups is 4. The predicted molar refractivity (Wildman–Crippen MR) is 272 cm³/mol. The smallest absolute Gasteiger partial charge is 0.388 e. The lowest BCUT2D eigenvalue weighted by atomic mass is 9.97. The predicted octanol–water partition coefficient (Wildman–Crippen LogP) is 6.18. The monoisotopic (exact) mass is 1060 g/mol. The van der Waals surface area contributed by atoms with Gasteiger partial charge in [0, 0.05) is 35.4 Å². The van der Waals surface area contributed by atoms with Crippen molar-refractivity contribution in [1.82, 2.24) is 0 Å². The number of Topliss-reactive ketones (excluding diaryl/α,β-unsaturated/α-hetero) is 1. The van der Waals surface area contributed by atoms with Crippen LogP contribution in [-0.2, 0) is 75.8 Å². The highest BCUT2D eigenvalue weighted by molar-refractivity contribution is 7.81. The minimum Gasteiger partial charge on any atom is -0.463 e. The first-order chi connectivity index (χ1) is 32.7. The second-order valence-electron chi connectivity index (χ2n) is 20.4. The van der Waals surface area contributed by atoms with Crippen LogP contribution in [0, 0.1) is 23.2 Å². The van der Waals surface area contributed by atoms with Crippen LogP contribution in [0.4, 0.5) is 0 Å². The van der Waals surface area contributed by atoms with Crippen molar-refractivity contribution in [2.24, 2.45) is 10.8 Å². The van der Waals surface area contributed by atoms with Gasteiger partial charge in [0.05, 0.1) is 54.6 Å². The van der Waals surface area contributed by atoms with E-state index in [1.807, 2.05) is 62.3 Å². The maximum Gasteiger partial charge on any atom is 0.388 e. The van der Waals surface area contributed by atoms with E-state index in [2.05, 4.69) is 10.7 Å². The summed E-state index contributed by atoms with van der Waals surface area (Å²) < 4.78 is 69.8. The number of terminal acetylenes is 1. The number of esters is 2. The number of aldehydes is 1. The topological polar surface area (TPSA) is 284 Å². The standard InChI is InChI=1S/C13H26O3.C10H16O4.C9H16O5.C9H18O3.C5H9N2O2P.C4H10O2/c1-8-10(16-13(5,6)7)9-15-11(14)12(2,3)4;1-6-8-7-13-9(2,11-4)10(3,12-5)14-8;1-8(11-3)9(2,12-4)14-7(5-10)6-13-8;1-5-7(10)6-12-8(11)9(2,3)4;1-4(8)5(7-6)10(2,3)9;1-2-4(6)3-5/h10H,8-9H2,1-7H3;1,8H,7H2,2-5H3;5,7H,6H2,1-4H3;7,10H,5-6H2,1-4H3;1-3H3;4-6H,2-3H2,1H3/t10-;;;7-;;4-/m1..1.1/s1. The summed E-state index contributed by atoms with van der Waals surface area (Å²) in [6, 6.07) is 0. The fraction of sp³-hybridized carbons (Fsp3) is 0.860. The van der Waals surface area contributed by atoms with Gasteiger partial charge in [0.1, 0.15) is 25.4 Å². The second kappa shape index (κ2) is 34.5. The lowest BCUT2D eigenvalue weighted by Gasteiger charge is -2.47. The number of aliphatic hydroxyl groups is 3. The first-order valence-corrected chi connectivity index (χ1v) is 26.3. The number of ketones is 1. The number of hydrogen-bond acceptors (Lipinski definition) is 19. The Kier molecular flexibility index (Phi) is 36.2. The lowest BCUT2D eigenvalue weighted by molar-refractivity contribution is -0.424. The zero-order valence-corrected chi connectivity index (χ0v) is 48.8. The maximum absolute atomic E-state index is 11.6. The Balaban J connectivity index is -0.000000393. The molecule has 3 N–H and O–H groups in total. The Labute approximate surface area is 431 Å². The molecule has 424 valence electrons. The molecule has 22 heteroatoms. The molecule has 0 aromatic carbocycles. The second-order valence-corrected chi connectivity index (χ2v) is 23.5. The molecule has 2 aliphatic rings. The van der Waals surface area contributed by atoms with E-state index < -0.39 is 71.3 Å². The third-order valence-corrected chi connectivity index (χ3v) is 11.8. The molecular weight excluding hydrogens is 964 g/mol. The Bertz CT molecular complexity index is 1720. The van der Waals surface area contributed by atoms with Crippen LogP contribution < -0.4 is 0 Å². The number of carbonyl (C=O) groups excluding carboxylic acids is 4. The molecule has 0 bridgehead atoms. The van der Waals surface area contributed by atoms with Gasteiger partial charge < -0.3 is 82.3 Å². The van der Waals surface area contributed by atoms with Crippen LogP contribution in [0.15, 0.2) is 0 Å². The van der Waals surface area contributed by atoms with E-state index in [0.29, 0.717) is 32.3 Å². The number of ether oxygens (including phenoxy) is 11. The van der Waals surface area contributed by atoms with Gasteiger partial charge >= 0.3 is 17.4 Å². The minimum absolute atomic E-state index is 0.0219. The van der Waals surface area contributed by atoms with Gasteiger partial charge in [0.2, 0.25) is 28.9 Å². The van der Waals surface area contributed by atoms with Gasteiger partial charge in [-0.3, -0.25) is 14.4 Å². The maximum atomic E-state index is 11.6. The molecule has 0 aromatic rings. The first kappa shape index (κ1) is 75.5. The molecule has 2 fully saturated rings. The highest BCUT2D eigenvalue weighted by atomic mass is 31.2. The van der Waals surface area contributed by atoms with Gasteiger partial charge in [-0.25, -0.2) is 0 Å². The molecule has 0 amide bonds. The fourth-order valence-electron chi connectivity index (χ4n) is 5.00. The Morgan fingerprint density at radius 1 is 0.750 bits per heavy atom. The normalized spacial score (nSPS) is 25.1. The van der Waals surface area contributed by atoms with Gasteiger partial charge in [-0.15, -0.1) is 6.42 Å².